The summed E-state index contributed by atoms with van der Waals surface area (Å²) in [5, 5.41) is 9.52. The van der Waals surface area contributed by atoms with Crippen LogP contribution in [0.4, 0.5) is 13.2 Å². The average Bonchev–Trinajstić information content (AvgIpc) is 2.17. The van der Waals surface area contributed by atoms with Gasteiger partial charge in [-0.15, -0.1) is 0 Å². The van der Waals surface area contributed by atoms with Crippen molar-refractivity contribution in [3.05, 3.63) is 35.4 Å². The molecule has 90 valence electrons. The number of hydrogen-bond donors (Lipinski definition) is 1. The van der Waals surface area contributed by atoms with E-state index in [9.17, 15) is 18.3 Å². The van der Waals surface area contributed by atoms with E-state index in [4.69, 9.17) is 0 Å². The molecule has 1 atom stereocenters. The fourth-order valence-corrected chi connectivity index (χ4v) is 1.58. The van der Waals surface area contributed by atoms with Gasteiger partial charge in [-0.2, -0.15) is 13.2 Å². The molecule has 0 saturated heterocycles. The predicted molar refractivity (Wildman–Crippen MR) is 56.1 cm³/mol. The summed E-state index contributed by atoms with van der Waals surface area (Å²) in [6.07, 6.45) is -3.17. The second-order valence-corrected chi connectivity index (χ2v) is 3.84. The Kier molecular flexibility index (Phi) is 4.35. The molecule has 0 radical (unpaired) electrons. The quantitative estimate of drug-likeness (QED) is 0.843. The van der Waals surface area contributed by atoms with Gasteiger partial charge in [0.15, 0.2) is 0 Å². The van der Waals surface area contributed by atoms with Gasteiger partial charge in [0.1, 0.15) is 0 Å². The van der Waals surface area contributed by atoms with Gasteiger partial charge in [-0.25, -0.2) is 0 Å². The standard InChI is InChI=1S/C12H15F3O/c1-2-4-11(16)8-9-5-3-6-10(7-9)12(13,14)15/h3,5-7,11,16H,2,4,8H2,1H3. The van der Waals surface area contributed by atoms with Gasteiger partial charge < -0.3 is 5.11 Å². The third-order valence-electron chi connectivity index (χ3n) is 2.35. The minimum atomic E-state index is -4.31. The van der Waals surface area contributed by atoms with Crippen LogP contribution in [0.2, 0.25) is 0 Å². The van der Waals surface area contributed by atoms with E-state index in [0.717, 1.165) is 18.6 Å². The molecule has 0 saturated carbocycles. The molecular weight excluding hydrogens is 217 g/mol. The van der Waals surface area contributed by atoms with E-state index < -0.39 is 17.8 Å². The molecular formula is C12H15F3O. The summed E-state index contributed by atoms with van der Waals surface area (Å²) in [6.45, 7) is 1.93. The van der Waals surface area contributed by atoms with Crippen LogP contribution in [0.1, 0.15) is 30.9 Å². The van der Waals surface area contributed by atoms with Crippen LogP contribution in [0.5, 0.6) is 0 Å². The summed E-state index contributed by atoms with van der Waals surface area (Å²) in [4.78, 5) is 0. The molecule has 0 aromatic heterocycles. The number of benzene rings is 1. The molecule has 1 N–H and O–H groups in total. The largest absolute Gasteiger partial charge is 0.416 e. The lowest BCUT2D eigenvalue weighted by atomic mass is 10.0. The maximum atomic E-state index is 12.4. The van der Waals surface area contributed by atoms with Gasteiger partial charge in [0.05, 0.1) is 11.7 Å². The van der Waals surface area contributed by atoms with E-state index >= 15 is 0 Å². The summed E-state index contributed by atoms with van der Waals surface area (Å²) in [7, 11) is 0. The molecule has 16 heavy (non-hydrogen) atoms. The molecule has 1 unspecified atom stereocenters. The number of halogens is 3. The first kappa shape index (κ1) is 13.0. The van der Waals surface area contributed by atoms with Gasteiger partial charge in [-0.3, -0.25) is 0 Å². The van der Waals surface area contributed by atoms with Crippen molar-refractivity contribution >= 4 is 0 Å². The Bertz CT molecular complexity index is 333. The zero-order chi connectivity index (χ0) is 12.2. The lowest BCUT2D eigenvalue weighted by Gasteiger charge is -2.11. The van der Waals surface area contributed by atoms with Crippen LogP contribution in [0.3, 0.4) is 0 Å². The molecule has 0 aliphatic carbocycles. The minimum Gasteiger partial charge on any atom is -0.393 e. The van der Waals surface area contributed by atoms with Crippen LogP contribution in [-0.4, -0.2) is 11.2 Å². The zero-order valence-electron chi connectivity index (χ0n) is 9.09. The lowest BCUT2D eigenvalue weighted by Crippen LogP contribution is -2.11. The second kappa shape index (κ2) is 5.34. The Morgan fingerprint density at radius 1 is 1.31 bits per heavy atom. The van der Waals surface area contributed by atoms with Crippen LogP contribution in [0.15, 0.2) is 24.3 Å². The molecule has 1 aromatic rings. The monoisotopic (exact) mass is 232 g/mol. The van der Waals surface area contributed by atoms with Gasteiger partial charge in [0.25, 0.3) is 0 Å². The third-order valence-corrected chi connectivity index (χ3v) is 2.35. The fourth-order valence-electron chi connectivity index (χ4n) is 1.58. The van der Waals surface area contributed by atoms with Crippen molar-refractivity contribution in [2.45, 2.75) is 38.5 Å². The van der Waals surface area contributed by atoms with Crippen molar-refractivity contribution in [3.63, 3.8) is 0 Å². The molecule has 0 heterocycles. The van der Waals surface area contributed by atoms with Crippen LogP contribution in [-0.2, 0) is 12.6 Å². The van der Waals surface area contributed by atoms with Gasteiger partial charge in [-0.1, -0.05) is 31.5 Å². The van der Waals surface area contributed by atoms with Crippen molar-refractivity contribution < 1.29 is 18.3 Å². The predicted octanol–water partition coefficient (Wildman–Crippen LogP) is 3.41. The summed E-state index contributed by atoms with van der Waals surface area (Å²) in [5.74, 6) is 0. The van der Waals surface area contributed by atoms with Gasteiger partial charge in [0.2, 0.25) is 0 Å². The first-order valence-electron chi connectivity index (χ1n) is 5.27. The van der Waals surface area contributed by atoms with E-state index in [0.29, 0.717) is 12.0 Å². The van der Waals surface area contributed by atoms with Crippen LogP contribution in [0.25, 0.3) is 0 Å². The minimum absolute atomic E-state index is 0.276. The molecule has 4 heteroatoms. The molecule has 0 amide bonds. The molecule has 0 aliphatic rings. The third kappa shape index (κ3) is 3.85. The summed E-state index contributed by atoms with van der Waals surface area (Å²) in [5.41, 5.74) is -0.135. The highest BCUT2D eigenvalue weighted by Crippen LogP contribution is 2.29. The smallest absolute Gasteiger partial charge is 0.393 e. The van der Waals surface area contributed by atoms with Gasteiger partial charge >= 0.3 is 6.18 Å². The van der Waals surface area contributed by atoms with E-state index in [1.807, 2.05) is 6.92 Å². The molecule has 1 rings (SSSR count). The van der Waals surface area contributed by atoms with E-state index in [1.165, 1.54) is 6.07 Å². The van der Waals surface area contributed by atoms with Crippen molar-refractivity contribution in [1.82, 2.24) is 0 Å². The Morgan fingerprint density at radius 3 is 2.56 bits per heavy atom. The number of aliphatic hydroxyl groups is 1. The van der Waals surface area contributed by atoms with E-state index in [1.54, 1.807) is 6.07 Å². The Morgan fingerprint density at radius 2 is 2.00 bits per heavy atom. The SMILES string of the molecule is CCCC(O)Cc1cccc(C(F)(F)F)c1. The van der Waals surface area contributed by atoms with Crippen molar-refractivity contribution in [2.75, 3.05) is 0 Å². The van der Waals surface area contributed by atoms with Crippen LogP contribution >= 0.6 is 0 Å². The van der Waals surface area contributed by atoms with Crippen molar-refractivity contribution in [3.8, 4) is 0 Å². The number of hydrogen-bond acceptors (Lipinski definition) is 1. The van der Waals surface area contributed by atoms with Crippen LogP contribution in [0, 0.1) is 0 Å². The van der Waals surface area contributed by atoms with Crippen LogP contribution < -0.4 is 0 Å². The molecule has 0 aliphatic heterocycles. The maximum Gasteiger partial charge on any atom is 0.416 e. The normalized spacial score (nSPS) is 13.8. The second-order valence-electron chi connectivity index (χ2n) is 3.84. The van der Waals surface area contributed by atoms with Gasteiger partial charge in [-0.05, 0) is 24.5 Å². The van der Waals surface area contributed by atoms with E-state index in [2.05, 4.69) is 0 Å². The van der Waals surface area contributed by atoms with E-state index in [-0.39, 0.29) is 6.42 Å². The summed E-state index contributed by atoms with van der Waals surface area (Å²) < 4.78 is 37.2. The highest BCUT2D eigenvalue weighted by molar-refractivity contribution is 5.26. The first-order valence-corrected chi connectivity index (χ1v) is 5.27. The molecule has 1 aromatic carbocycles. The van der Waals surface area contributed by atoms with Crippen molar-refractivity contribution in [2.24, 2.45) is 0 Å². The Labute approximate surface area is 92.9 Å². The Balaban J connectivity index is 2.75. The molecule has 0 bridgehead atoms. The average molecular weight is 232 g/mol. The summed E-state index contributed by atoms with van der Waals surface area (Å²) >= 11 is 0. The number of rotatable bonds is 4. The molecule has 0 spiro atoms. The molecule has 1 nitrogen and oxygen atoms in total. The number of alkyl halides is 3. The van der Waals surface area contributed by atoms with Crippen molar-refractivity contribution in [1.29, 1.82) is 0 Å². The first-order chi connectivity index (χ1) is 7.43. The fraction of sp³-hybridized carbons (Fsp3) is 0.500. The maximum absolute atomic E-state index is 12.4. The zero-order valence-corrected chi connectivity index (χ0v) is 9.09. The van der Waals surface area contributed by atoms with Gasteiger partial charge in [0, 0.05) is 0 Å². The number of aliphatic hydroxyl groups excluding tert-OH is 1. The lowest BCUT2D eigenvalue weighted by molar-refractivity contribution is -0.137. The summed E-state index contributed by atoms with van der Waals surface area (Å²) in [6, 6.07) is 5.11. The Hall–Kier alpha value is -1.03. The highest BCUT2D eigenvalue weighted by Gasteiger charge is 2.30. The highest BCUT2D eigenvalue weighted by atomic mass is 19.4. The molecule has 0 fully saturated rings. The topological polar surface area (TPSA) is 20.2 Å².